The highest BCUT2D eigenvalue weighted by Crippen LogP contribution is 2.57. The summed E-state index contributed by atoms with van der Waals surface area (Å²) in [5, 5.41) is 3.74. The Morgan fingerprint density at radius 1 is 1.35 bits per heavy atom. The van der Waals surface area contributed by atoms with Gasteiger partial charge in [0.2, 0.25) is 0 Å². The molecule has 2 aliphatic rings. The van der Waals surface area contributed by atoms with E-state index in [9.17, 15) is 0 Å². The molecular formula is C14H28N2O. The summed E-state index contributed by atoms with van der Waals surface area (Å²) < 4.78 is 5.86. The van der Waals surface area contributed by atoms with Crippen LogP contribution in [0.5, 0.6) is 0 Å². The molecule has 100 valence electrons. The van der Waals surface area contributed by atoms with Crippen LogP contribution in [-0.2, 0) is 4.74 Å². The van der Waals surface area contributed by atoms with E-state index in [1.165, 1.54) is 25.7 Å². The molecule has 0 radical (unpaired) electrons. The topological polar surface area (TPSA) is 24.5 Å². The van der Waals surface area contributed by atoms with Gasteiger partial charge in [0.15, 0.2) is 0 Å². The van der Waals surface area contributed by atoms with E-state index in [4.69, 9.17) is 4.74 Å². The third-order valence-electron chi connectivity index (χ3n) is 4.86. The molecule has 2 aliphatic carbocycles. The standard InChI is InChI=1S/C14H28N2O/c1-4-16(3)10-9-15-12-11-13(17-5-2)14(12)7-6-8-14/h12-13,15H,4-11H2,1-3H3. The van der Waals surface area contributed by atoms with Gasteiger partial charge in [0.05, 0.1) is 6.10 Å². The molecule has 1 spiro atoms. The van der Waals surface area contributed by atoms with Gasteiger partial charge >= 0.3 is 0 Å². The van der Waals surface area contributed by atoms with Crippen molar-refractivity contribution in [2.75, 3.05) is 33.3 Å². The van der Waals surface area contributed by atoms with Crippen LogP contribution in [0.25, 0.3) is 0 Å². The van der Waals surface area contributed by atoms with Crippen LogP contribution in [0.2, 0.25) is 0 Å². The number of likely N-dealkylation sites (N-methyl/N-ethyl adjacent to an activating group) is 1. The van der Waals surface area contributed by atoms with Gasteiger partial charge in [0, 0.05) is 31.2 Å². The van der Waals surface area contributed by atoms with Crippen molar-refractivity contribution in [2.45, 2.75) is 51.7 Å². The van der Waals surface area contributed by atoms with Gasteiger partial charge in [-0.3, -0.25) is 0 Å². The molecule has 0 saturated heterocycles. The maximum absolute atomic E-state index is 5.86. The minimum absolute atomic E-state index is 0.515. The van der Waals surface area contributed by atoms with Crippen LogP contribution < -0.4 is 5.32 Å². The van der Waals surface area contributed by atoms with Crippen LogP contribution in [0.4, 0.5) is 0 Å². The van der Waals surface area contributed by atoms with E-state index in [0.29, 0.717) is 11.5 Å². The van der Waals surface area contributed by atoms with Crippen molar-refractivity contribution < 1.29 is 4.74 Å². The van der Waals surface area contributed by atoms with Crippen LogP contribution in [0.3, 0.4) is 0 Å². The first kappa shape index (κ1) is 13.3. The van der Waals surface area contributed by atoms with Gasteiger partial charge in [0.25, 0.3) is 0 Å². The second kappa shape index (κ2) is 5.68. The first-order valence-corrected chi connectivity index (χ1v) is 7.26. The first-order chi connectivity index (χ1) is 8.23. The lowest BCUT2D eigenvalue weighted by atomic mass is 9.51. The smallest absolute Gasteiger partial charge is 0.0661 e. The fourth-order valence-electron chi connectivity index (χ4n) is 3.31. The van der Waals surface area contributed by atoms with Crippen molar-refractivity contribution in [1.29, 1.82) is 0 Å². The predicted octanol–water partition coefficient (Wildman–Crippen LogP) is 1.88. The summed E-state index contributed by atoms with van der Waals surface area (Å²) in [6.07, 6.45) is 5.92. The Kier molecular flexibility index (Phi) is 4.45. The Morgan fingerprint density at radius 2 is 2.12 bits per heavy atom. The van der Waals surface area contributed by atoms with Gasteiger partial charge < -0.3 is 15.0 Å². The predicted molar refractivity (Wildman–Crippen MR) is 71.3 cm³/mol. The van der Waals surface area contributed by atoms with Gasteiger partial charge in [-0.05, 0) is 39.8 Å². The second-order valence-electron chi connectivity index (χ2n) is 5.67. The van der Waals surface area contributed by atoms with Gasteiger partial charge in [-0.1, -0.05) is 13.3 Å². The van der Waals surface area contributed by atoms with Crippen molar-refractivity contribution in [3.63, 3.8) is 0 Å². The normalized spacial score (nSPS) is 30.4. The summed E-state index contributed by atoms with van der Waals surface area (Å²) in [7, 11) is 2.19. The van der Waals surface area contributed by atoms with Crippen molar-refractivity contribution in [3.8, 4) is 0 Å². The van der Waals surface area contributed by atoms with Gasteiger partial charge in [0.1, 0.15) is 0 Å². The molecule has 0 heterocycles. The summed E-state index contributed by atoms with van der Waals surface area (Å²) in [6.45, 7) is 8.61. The molecule has 0 aliphatic heterocycles. The highest BCUT2D eigenvalue weighted by Gasteiger charge is 2.58. The number of ether oxygens (including phenoxy) is 1. The van der Waals surface area contributed by atoms with E-state index in [2.05, 4.69) is 31.1 Å². The van der Waals surface area contributed by atoms with Gasteiger partial charge in [-0.2, -0.15) is 0 Å². The number of nitrogens with zero attached hydrogens (tertiary/aromatic N) is 1. The highest BCUT2D eigenvalue weighted by atomic mass is 16.5. The molecule has 0 aromatic heterocycles. The molecule has 0 aromatic carbocycles. The first-order valence-electron chi connectivity index (χ1n) is 7.26. The Morgan fingerprint density at radius 3 is 2.65 bits per heavy atom. The van der Waals surface area contributed by atoms with E-state index in [1.54, 1.807) is 0 Å². The Bertz CT molecular complexity index is 240. The van der Waals surface area contributed by atoms with Crippen molar-refractivity contribution in [1.82, 2.24) is 10.2 Å². The third-order valence-corrected chi connectivity index (χ3v) is 4.86. The zero-order valence-corrected chi connectivity index (χ0v) is 11.7. The molecule has 2 unspecified atom stereocenters. The van der Waals surface area contributed by atoms with Crippen LogP contribution in [-0.4, -0.2) is 50.3 Å². The summed E-state index contributed by atoms with van der Waals surface area (Å²) >= 11 is 0. The Balaban J connectivity index is 1.72. The highest BCUT2D eigenvalue weighted by molar-refractivity contribution is 5.12. The van der Waals surface area contributed by atoms with E-state index in [0.717, 1.165) is 32.3 Å². The molecule has 17 heavy (non-hydrogen) atoms. The maximum Gasteiger partial charge on any atom is 0.0661 e. The summed E-state index contributed by atoms with van der Waals surface area (Å²) in [5.41, 5.74) is 0.515. The second-order valence-corrected chi connectivity index (χ2v) is 5.67. The Labute approximate surface area is 106 Å². The lowest BCUT2D eigenvalue weighted by Gasteiger charge is -2.61. The molecule has 3 heteroatoms. The van der Waals surface area contributed by atoms with E-state index in [-0.39, 0.29) is 0 Å². The van der Waals surface area contributed by atoms with Crippen molar-refractivity contribution in [3.05, 3.63) is 0 Å². The van der Waals surface area contributed by atoms with Crippen LogP contribution >= 0.6 is 0 Å². The molecule has 0 bridgehead atoms. The average molecular weight is 240 g/mol. The number of hydrogen-bond acceptors (Lipinski definition) is 3. The zero-order chi connectivity index (χ0) is 12.3. The van der Waals surface area contributed by atoms with Crippen LogP contribution in [0, 0.1) is 5.41 Å². The third kappa shape index (κ3) is 2.51. The number of nitrogens with one attached hydrogen (secondary N) is 1. The zero-order valence-electron chi connectivity index (χ0n) is 11.7. The molecule has 2 fully saturated rings. The molecule has 0 amide bonds. The van der Waals surface area contributed by atoms with Crippen LogP contribution in [0.1, 0.15) is 39.5 Å². The van der Waals surface area contributed by atoms with Crippen LogP contribution in [0.15, 0.2) is 0 Å². The SMILES string of the molecule is CCOC1CC(NCCN(C)CC)C12CCC2. The lowest BCUT2D eigenvalue weighted by Crippen LogP contribution is -2.67. The quantitative estimate of drug-likeness (QED) is 0.735. The fraction of sp³-hybridized carbons (Fsp3) is 1.00. The van der Waals surface area contributed by atoms with Crippen molar-refractivity contribution >= 4 is 0 Å². The monoisotopic (exact) mass is 240 g/mol. The number of rotatable bonds is 7. The molecule has 2 saturated carbocycles. The summed E-state index contributed by atoms with van der Waals surface area (Å²) in [5.74, 6) is 0. The average Bonchev–Trinajstić information content (AvgIpc) is 2.24. The van der Waals surface area contributed by atoms with E-state index in [1.807, 2.05) is 0 Å². The molecule has 1 N–H and O–H groups in total. The maximum atomic E-state index is 5.86. The van der Waals surface area contributed by atoms with E-state index >= 15 is 0 Å². The molecule has 2 rings (SSSR count). The van der Waals surface area contributed by atoms with Gasteiger partial charge in [-0.15, -0.1) is 0 Å². The largest absolute Gasteiger partial charge is 0.378 e. The minimum Gasteiger partial charge on any atom is -0.378 e. The molecular weight excluding hydrogens is 212 g/mol. The molecule has 0 aromatic rings. The Hall–Kier alpha value is -0.120. The lowest BCUT2D eigenvalue weighted by molar-refractivity contribution is -0.172. The molecule has 3 nitrogen and oxygen atoms in total. The molecule has 2 atom stereocenters. The summed E-state index contributed by atoms with van der Waals surface area (Å²) in [4.78, 5) is 2.36. The fourth-order valence-corrected chi connectivity index (χ4v) is 3.31. The number of hydrogen-bond donors (Lipinski definition) is 1. The minimum atomic E-state index is 0.515. The van der Waals surface area contributed by atoms with E-state index < -0.39 is 0 Å². The summed E-state index contributed by atoms with van der Waals surface area (Å²) in [6, 6.07) is 0.720. The van der Waals surface area contributed by atoms with Gasteiger partial charge in [-0.25, -0.2) is 0 Å². The van der Waals surface area contributed by atoms with Crippen molar-refractivity contribution in [2.24, 2.45) is 5.41 Å².